The molecule has 0 heterocycles. The van der Waals surface area contributed by atoms with Crippen LogP contribution in [0.15, 0.2) is 47.5 Å². The quantitative estimate of drug-likeness (QED) is 0.336. The zero-order valence-corrected chi connectivity index (χ0v) is 20.6. The third-order valence-corrected chi connectivity index (χ3v) is 5.09. The van der Waals surface area contributed by atoms with E-state index in [1.54, 1.807) is 18.2 Å². The fourth-order valence-corrected chi connectivity index (χ4v) is 3.39. The number of guanidine groups is 1. The predicted octanol–water partition coefficient (Wildman–Crippen LogP) is 3.43. The molecule has 4 N–H and O–H groups in total. The van der Waals surface area contributed by atoms with E-state index >= 15 is 0 Å². The van der Waals surface area contributed by atoms with Crippen molar-refractivity contribution in [1.29, 1.82) is 0 Å². The Bertz CT molecular complexity index is 1090. The summed E-state index contributed by atoms with van der Waals surface area (Å²) in [5.41, 5.74) is 6.03. The van der Waals surface area contributed by atoms with Gasteiger partial charge in [0.25, 0.3) is 0 Å². The Balaban J connectivity index is 2.04. The van der Waals surface area contributed by atoms with Gasteiger partial charge in [0.1, 0.15) is 6.04 Å². The van der Waals surface area contributed by atoms with Crippen LogP contribution in [0.3, 0.4) is 0 Å². The Labute approximate surface area is 208 Å². The predicted molar refractivity (Wildman–Crippen MR) is 130 cm³/mol. The minimum atomic E-state index is -4.48. The van der Waals surface area contributed by atoms with Gasteiger partial charge in [-0.25, -0.2) is 4.99 Å². The molecule has 0 aliphatic carbocycles. The van der Waals surface area contributed by atoms with Crippen LogP contribution in [0, 0.1) is 5.92 Å². The smallest absolute Gasteiger partial charge is 0.416 e. The van der Waals surface area contributed by atoms with Gasteiger partial charge >= 0.3 is 6.18 Å². The Morgan fingerprint density at radius 2 is 1.72 bits per heavy atom. The van der Waals surface area contributed by atoms with Crippen molar-refractivity contribution in [3.63, 3.8) is 0 Å². The summed E-state index contributed by atoms with van der Waals surface area (Å²) in [6, 6.07) is 8.81. The highest BCUT2D eigenvalue weighted by Gasteiger charge is 2.30. The van der Waals surface area contributed by atoms with E-state index in [0.717, 1.165) is 12.1 Å². The lowest BCUT2D eigenvalue weighted by Crippen LogP contribution is -2.41. The van der Waals surface area contributed by atoms with Crippen LogP contribution in [0.1, 0.15) is 37.0 Å². The van der Waals surface area contributed by atoms with Gasteiger partial charge in [-0.2, -0.15) is 13.2 Å². The molecule has 0 aliphatic rings. The van der Waals surface area contributed by atoms with Crippen molar-refractivity contribution < 1.29 is 32.2 Å². The number of aliphatic imine (C=N–C) groups is 1. The van der Waals surface area contributed by atoms with Gasteiger partial charge in [-0.1, -0.05) is 32.0 Å². The molecule has 1 unspecified atom stereocenters. The molecule has 0 fully saturated rings. The van der Waals surface area contributed by atoms with Gasteiger partial charge in [0, 0.05) is 6.54 Å². The average Bonchev–Trinajstić information content (AvgIpc) is 2.81. The molecule has 8 nitrogen and oxygen atoms in total. The van der Waals surface area contributed by atoms with Crippen LogP contribution in [-0.4, -0.2) is 38.0 Å². The highest BCUT2D eigenvalue weighted by molar-refractivity contribution is 5.98. The molecule has 2 aromatic rings. The topological polar surface area (TPSA) is 115 Å². The SMILES string of the molecule is COc1ccc(CC(=O)NC(N)=NC(CC(C)C)C(=O)NCc2cccc(C(F)(F)F)c2)cc1OC. The molecular weight excluding hydrogens is 477 g/mol. The molecule has 2 amide bonds. The van der Waals surface area contributed by atoms with Gasteiger partial charge in [0.15, 0.2) is 17.5 Å². The maximum atomic E-state index is 12.9. The maximum absolute atomic E-state index is 12.9. The number of halogens is 3. The highest BCUT2D eigenvalue weighted by atomic mass is 19.4. The van der Waals surface area contributed by atoms with Crippen LogP contribution >= 0.6 is 0 Å². The number of amides is 2. The molecule has 0 spiro atoms. The number of carbonyl (C=O) groups excluding carboxylic acids is 2. The number of nitrogens with zero attached hydrogens (tertiary/aromatic N) is 1. The van der Waals surface area contributed by atoms with Crippen molar-refractivity contribution in [1.82, 2.24) is 10.6 Å². The summed E-state index contributed by atoms with van der Waals surface area (Å²) in [6.07, 6.45) is -4.18. The van der Waals surface area contributed by atoms with E-state index in [1.807, 2.05) is 13.8 Å². The first-order valence-corrected chi connectivity index (χ1v) is 11.2. The van der Waals surface area contributed by atoms with E-state index in [4.69, 9.17) is 15.2 Å². The second-order valence-corrected chi connectivity index (χ2v) is 8.49. The molecule has 196 valence electrons. The lowest BCUT2D eigenvalue weighted by molar-refractivity contribution is -0.137. The highest BCUT2D eigenvalue weighted by Crippen LogP contribution is 2.29. The van der Waals surface area contributed by atoms with E-state index in [9.17, 15) is 22.8 Å². The second-order valence-electron chi connectivity index (χ2n) is 8.49. The molecule has 0 aromatic heterocycles. The lowest BCUT2D eigenvalue weighted by Gasteiger charge is -2.17. The number of hydrogen-bond acceptors (Lipinski definition) is 5. The van der Waals surface area contributed by atoms with Crippen molar-refractivity contribution in [2.24, 2.45) is 16.6 Å². The zero-order chi connectivity index (χ0) is 26.9. The number of ether oxygens (including phenoxy) is 2. The molecule has 11 heteroatoms. The largest absolute Gasteiger partial charge is 0.493 e. The van der Waals surface area contributed by atoms with Crippen LogP contribution in [0.2, 0.25) is 0 Å². The van der Waals surface area contributed by atoms with Crippen LogP contribution in [0.4, 0.5) is 13.2 Å². The van der Waals surface area contributed by atoms with Gasteiger partial charge in [0.2, 0.25) is 11.8 Å². The van der Waals surface area contributed by atoms with Crippen LogP contribution in [0.25, 0.3) is 0 Å². The number of methoxy groups -OCH3 is 2. The molecule has 2 rings (SSSR count). The van der Waals surface area contributed by atoms with Crippen LogP contribution in [0.5, 0.6) is 11.5 Å². The van der Waals surface area contributed by atoms with Crippen molar-refractivity contribution in [3.8, 4) is 11.5 Å². The van der Waals surface area contributed by atoms with Gasteiger partial charge in [-0.15, -0.1) is 0 Å². The third kappa shape index (κ3) is 8.79. The van der Waals surface area contributed by atoms with Gasteiger partial charge in [-0.3, -0.25) is 14.9 Å². The van der Waals surface area contributed by atoms with Crippen LogP contribution in [-0.2, 0) is 28.7 Å². The van der Waals surface area contributed by atoms with Gasteiger partial charge in [0.05, 0.1) is 26.2 Å². The number of rotatable bonds is 10. The number of carbonyl (C=O) groups is 2. The lowest BCUT2D eigenvalue weighted by atomic mass is 10.0. The minimum absolute atomic E-state index is 0.0207. The second kappa shape index (κ2) is 12.8. The fourth-order valence-electron chi connectivity index (χ4n) is 3.39. The normalized spacial score (nSPS) is 12.7. The van der Waals surface area contributed by atoms with E-state index in [0.29, 0.717) is 29.0 Å². The Hall–Kier alpha value is -3.76. The summed E-state index contributed by atoms with van der Waals surface area (Å²) in [5.74, 6) is -0.141. The van der Waals surface area contributed by atoms with Gasteiger partial charge < -0.3 is 20.5 Å². The Morgan fingerprint density at radius 3 is 2.33 bits per heavy atom. The molecule has 0 saturated carbocycles. The van der Waals surface area contributed by atoms with E-state index in [-0.39, 0.29) is 24.8 Å². The molecule has 0 saturated heterocycles. The first-order valence-electron chi connectivity index (χ1n) is 11.2. The number of benzene rings is 2. The third-order valence-electron chi connectivity index (χ3n) is 5.09. The summed E-state index contributed by atoms with van der Waals surface area (Å²) in [5, 5.41) is 5.06. The van der Waals surface area contributed by atoms with Gasteiger partial charge in [-0.05, 0) is 47.7 Å². The van der Waals surface area contributed by atoms with Crippen molar-refractivity contribution in [3.05, 3.63) is 59.2 Å². The summed E-state index contributed by atoms with van der Waals surface area (Å²) in [4.78, 5) is 29.3. The monoisotopic (exact) mass is 508 g/mol. The molecule has 0 radical (unpaired) electrons. The molecule has 2 aromatic carbocycles. The van der Waals surface area contributed by atoms with E-state index < -0.39 is 29.6 Å². The first-order chi connectivity index (χ1) is 16.9. The Morgan fingerprint density at radius 1 is 1.03 bits per heavy atom. The number of nitrogens with two attached hydrogens (primary N) is 1. The molecule has 36 heavy (non-hydrogen) atoms. The number of hydrogen-bond donors (Lipinski definition) is 3. The fraction of sp³-hybridized carbons (Fsp3) is 0.400. The molecule has 0 bridgehead atoms. The van der Waals surface area contributed by atoms with E-state index in [1.165, 1.54) is 26.4 Å². The molecular formula is C25H31F3N4O4. The molecule has 0 aliphatic heterocycles. The summed E-state index contributed by atoms with van der Waals surface area (Å²) < 4.78 is 49.2. The van der Waals surface area contributed by atoms with Crippen molar-refractivity contribution >= 4 is 17.8 Å². The zero-order valence-electron chi connectivity index (χ0n) is 20.6. The molecule has 1 atom stereocenters. The number of alkyl halides is 3. The summed E-state index contributed by atoms with van der Waals surface area (Å²) >= 11 is 0. The van der Waals surface area contributed by atoms with Crippen molar-refractivity contribution in [2.75, 3.05) is 14.2 Å². The minimum Gasteiger partial charge on any atom is -0.493 e. The summed E-state index contributed by atoms with van der Waals surface area (Å²) in [6.45, 7) is 3.65. The van der Waals surface area contributed by atoms with Crippen LogP contribution < -0.4 is 25.8 Å². The standard InChI is InChI=1S/C25H31F3N4O4/c1-15(2)10-19(23(34)30-14-17-6-5-7-18(11-17)25(26,27)28)31-24(29)32-22(33)13-16-8-9-20(35-3)21(12-16)36-4/h5-9,11-12,15,19H,10,13-14H2,1-4H3,(H,30,34)(H3,29,31,32,33). The van der Waals surface area contributed by atoms with E-state index in [2.05, 4.69) is 15.6 Å². The maximum Gasteiger partial charge on any atom is 0.416 e. The summed E-state index contributed by atoms with van der Waals surface area (Å²) in [7, 11) is 2.99. The number of nitrogens with one attached hydrogen (secondary N) is 2. The Kier molecular flexibility index (Phi) is 10.1. The van der Waals surface area contributed by atoms with Crippen molar-refractivity contribution in [2.45, 2.75) is 45.5 Å². The average molecular weight is 509 g/mol. The first kappa shape index (κ1) is 28.5.